The van der Waals surface area contributed by atoms with Gasteiger partial charge in [0.2, 0.25) is 5.91 Å². The van der Waals surface area contributed by atoms with E-state index in [0.717, 1.165) is 24.5 Å². The van der Waals surface area contributed by atoms with E-state index in [2.05, 4.69) is 67.7 Å². The number of benzene rings is 2. The van der Waals surface area contributed by atoms with E-state index in [1.165, 1.54) is 22.3 Å². The number of rotatable bonds is 8. The monoisotopic (exact) mass is 327 g/mol. The van der Waals surface area contributed by atoms with Crippen LogP contribution in [0.3, 0.4) is 0 Å². The Morgan fingerprint density at radius 3 is 2.09 bits per heavy atom. The fourth-order valence-electron chi connectivity index (χ4n) is 2.24. The largest absolute Gasteiger partial charge is 0.355 e. The molecule has 1 N–H and O–H groups in total. The number of amides is 1. The Hall–Kier alpha value is -1.74. The molecule has 0 radical (unpaired) electrons. The van der Waals surface area contributed by atoms with Crippen LogP contribution in [-0.4, -0.2) is 18.2 Å². The number of hydrogen-bond donors (Lipinski definition) is 1. The molecule has 0 aromatic heterocycles. The van der Waals surface area contributed by atoms with Gasteiger partial charge in [0.1, 0.15) is 0 Å². The molecular weight excluding hydrogens is 302 g/mol. The van der Waals surface area contributed by atoms with Crippen molar-refractivity contribution < 1.29 is 4.79 Å². The van der Waals surface area contributed by atoms with Crippen molar-refractivity contribution in [2.75, 3.05) is 12.3 Å². The van der Waals surface area contributed by atoms with Gasteiger partial charge in [-0.3, -0.25) is 4.79 Å². The van der Waals surface area contributed by atoms with Gasteiger partial charge in [-0.25, -0.2) is 0 Å². The molecule has 0 saturated carbocycles. The van der Waals surface area contributed by atoms with Crippen molar-refractivity contribution in [3.05, 3.63) is 70.8 Å². The van der Waals surface area contributed by atoms with Gasteiger partial charge in [-0.1, -0.05) is 59.7 Å². The van der Waals surface area contributed by atoms with E-state index in [9.17, 15) is 4.79 Å². The summed E-state index contributed by atoms with van der Waals surface area (Å²) in [6.07, 6.45) is 1.37. The minimum Gasteiger partial charge on any atom is -0.355 e. The van der Waals surface area contributed by atoms with Gasteiger partial charge >= 0.3 is 0 Å². The van der Waals surface area contributed by atoms with Crippen LogP contribution in [0.5, 0.6) is 0 Å². The second-order valence-electron chi connectivity index (χ2n) is 5.87. The number of carbonyl (C=O) groups excluding carboxylic acids is 1. The zero-order chi connectivity index (χ0) is 16.5. The minimum atomic E-state index is 0.140. The zero-order valence-corrected chi connectivity index (χ0v) is 14.8. The molecule has 23 heavy (non-hydrogen) atoms. The molecule has 0 aliphatic carbocycles. The Morgan fingerprint density at radius 1 is 0.913 bits per heavy atom. The van der Waals surface area contributed by atoms with E-state index in [1.54, 1.807) is 0 Å². The van der Waals surface area contributed by atoms with Crippen LogP contribution in [0, 0.1) is 13.8 Å². The van der Waals surface area contributed by atoms with Crippen LogP contribution < -0.4 is 5.32 Å². The molecule has 122 valence electrons. The molecule has 1 amide bonds. The van der Waals surface area contributed by atoms with E-state index in [0.29, 0.717) is 6.42 Å². The highest BCUT2D eigenvalue weighted by Gasteiger charge is 2.02. The molecule has 2 nitrogen and oxygen atoms in total. The third-order valence-electron chi connectivity index (χ3n) is 3.72. The van der Waals surface area contributed by atoms with Gasteiger partial charge in [-0.05, 0) is 31.4 Å². The summed E-state index contributed by atoms with van der Waals surface area (Å²) >= 11 is 1.86. The second-order valence-corrected chi connectivity index (χ2v) is 6.98. The van der Waals surface area contributed by atoms with Gasteiger partial charge in [0.05, 0.1) is 0 Å². The maximum absolute atomic E-state index is 11.8. The lowest BCUT2D eigenvalue weighted by Gasteiger charge is -2.06. The third kappa shape index (κ3) is 6.91. The molecule has 0 fully saturated rings. The van der Waals surface area contributed by atoms with E-state index >= 15 is 0 Å². The first kappa shape index (κ1) is 17.6. The molecule has 0 unspecified atom stereocenters. The first-order chi connectivity index (χ1) is 11.1. The molecule has 0 bridgehead atoms. The summed E-state index contributed by atoms with van der Waals surface area (Å²) in [4.78, 5) is 11.8. The third-order valence-corrected chi connectivity index (χ3v) is 4.75. The average molecular weight is 327 g/mol. The molecular formula is C20H25NOS. The molecule has 3 heteroatoms. The van der Waals surface area contributed by atoms with Crippen molar-refractivity contribution in [3.8, 4) is 0 Å². The minimum absolute atomic E-state index is 0.140. The fraction of sp³-hybridized carbons (Fsp3) is 0.350. The summed E-state index contributed by atoms with van der Waals surface area (Å²) in [6, 6.07) is 17.0. The lowest BCUT2D eigenvalue weighted by molar-refractivity contribution is -0.120. The van der Waals surface area contributed by atoms with E-state index in [1.807, 2.05) is 11.8 Å². The zero-order valence-electron chi connectivity index (χ0n) is 14.0. The lowest BCUT2D eigenvalue weighted by Crippen LogP contribution is -2.25. The van der Waals surface area contributed by atoms with E-state index in [-0.39, 0.29) is 5.91 Å². The highest BCUT2D eigenvalue weighted by atomic mass is 32.2. The lowest BCUT2D eigenvalue weighted by atomic mass is 10.1. The fourth-order valence-corrected chi connectivity index (χ4v) is 3.06. The summed E-state index contributed by atoms with van der Waals surface area (Å²) in [5.74, 6) is 2.09. The molecule has 0 atom stereocenters. The van der Waals surface area contributed by atoms with Crippen molar-refractivity contribution >= 4 is 17.7 Å². The van der Waals surface area contributed by atoms with Crippen LogP contribution in [0.25, 0.3) is 0 Å². The molecule has 0 saturated heterocycles. The van der Waals surface area contributed by atoms with Crippen LogP contribution in [0.2, 0.25) is 0 Å². The van der Waals surface area contributed by atoms with Crippen molar-refractivity contribution in [3.63, 3.8) is 0 Å². The van der Waals surface area contributed by atoms with Crippen LogP contribution >= 0.6 is 11.8 Å². The van der Waals surface area contributed by atoms with Crippen molar-refractivity contribution in [2.45, 2.75) is 32.4 Å². The molecule has 2 aromatic carbocycles. The first-order valence-corrected chi connectivity index (χ1v) is 9.24. The van der Waals surface area contributed by atoms with Crippen molar-refractivity contribution in [1.82, 2.24) is 5.32 Å². The summed E-state index contributed by atoms with van der Waals surface area (Å²) in [5, 5.41) is 3.00. The van der Waals surface area contributed by atoms with Gasteiger partial charge in [0.25, 0.3) is 0 Å². The van der Waals surface area contributed by atoms with E-state index < -0.39 is 0 Å². The summed E-state index contributed by atoms with van der Waals surface area (Å²) < 4.78 is 0. The molecule has 2 aromatic rings. The van der Waals surface area contributed by atoms with Crippen molar-refractivity contribution in [2.24, 2.45) is 0 Å². The summed E-state index contributed by atoms with van der Waals surface area (Å²) in [6.45, 7) is 4.91. The number of nitrogens with one attached hydrogen (secondary N) is 1. The number of hydrogen-bond acceptors (Lipinski definition) is 2. The van der Waals surface area contributed by atoms with Gasteiger partial charge in [0.15, 0.2) is 0 Å². The molecule has 0 heterocycles. The SMILES string of the molecule is Cc1ccc(CCC(=O)NCCSCc2ccc(C)cc2)cc1. The molecule has 0 spiro atoms. The second kappa shape index (κ2) is 9.41. The number of carbonyl (C=O) groups is 1. The Balaban J connectivity index is 1.56. The Labute approximate surface area is 143 Å². The quantitative estimate of drug-likeness (QED) is 0.733. The number of aryl methyl sites for hydroxylation is 3. The van der Waals surface area contributed by atoms with Gasteiger partial charge in [0, 0.05) is 24.5 Å². The standard InChI is InChI=1S/C20H25NOS/c1-16-3-7-18(8-4-16)11-12-20(22)21-13-14-23-15-19-9-5-17(2)6-10-19/h3-10H,11-15H2,1-2H3,(H,21,22). The van der Waals surface area contributed by atoms with Crippen LogP contribution in [0.4, 0.5) is 0 Å². The van der Waals surface area contributed by atoms with Crippen LogP contribution in [0.15, 0.2) is 48.5 Å². The summed E-state index contributed by atoms with van der Waals surface area (Å²) in [7, 11) is 0. The van der Waals surface area contributed by atoms with Crippen LogP contribution in [0.1, 0.15) is 28.7 Å². The maximum Gasteiger partial charge on any atom is 0.220 e. The Kier molecular flexibility index (Phi) is 7.21. The highest BCUT2D eigenvalue weighted by Crippen LogP contribution is 2.12. The number of thioether (sulfide) groups is 1. The maximum atomic E-state index is 11.8. The topological polar surface area (TPSA) is 29.1 Å². The molecule has 0 aliphatic rings. The average Bonchev–Trinajstić information content (AvgIpc) is 2.56. The Morgan fingerprint density at radius 2 is 1.48 bits per heavy atom. The van der Waals surface area contributed by atoms with Gasteiger partial charge in [-0.15, -0.1) is 0 Å². The van der Waals surface area contributed by atoms with Gasteiger partial charge < -0.3 is 5.32 Å². The highest BCUT2D eigenvalue weighted by molar-refractivity contribution is 7.98. The Bertz CT molecular complexity index is 605. The smallest absolute Gasteiger partial charge is 0.220 e. The predicted octanol–water partition coefficient (Wildman–Crippen LogP) is 4.29. The van der Waals surface area contributed by atoms with E-state index in [4.69, 9.17) is 0 Å². The normalized spacial score (nSPS) is 10.5. The first-order valence-electron chi connectivity index (χ1n) is 8.09. The van der Waals surface area contributed by atoms with Gasteiger partial charge in [-0.2, -0.15) is 11.8 Å². The predicted molar refractivity (Wildman–Crippen MR) is 99.9 cm³/mol. The van der Waals surface area contributed by atoms with Crippen LogP contribution in [-0.2, 0) is 17.0 Å². The molecule has 2 rings (SSSR count). The van der Waals surface area contributed by atoms with Crippen molar-refractivity contribution in [1.29, 1.82) is 0 Å². The summed E-state index contributed by atoms with van der Waals surface area (Å²) in [5.41, 5.74) is 5.11. The molecule has 0 aliphatic heterocycles.